The van der Waals surface area contributed by atoms with Crippen molar-refractivity contribution in [1.82, 2.24) is 0 Å². The summed E-state index contributed by atoms with van der Waals surface area (Å²) in [6.45, 7) is 2.22. The van der Waals surface area contributed by atoms with Gasteiger partial charge in [-0.2, -0.15) is 10.5 Å². The average Bonchev–Trinajstić information content (AvgIpc) is 2.55. The first-order valence-corrected chi connectivity index (χ1v) is 7.61. The second kappa shape index (κ2) is 5.28. The summed E-state index contributed by atoms with van der Waals surface area (Å²) in [7, 11) is 0. The molecule has 0 radical (unpaired) electrons. The fraction of sp³-hybridized carbons (Fsp3) is 0.444. The van der Waals surface area contributed by atoms with E-state index in [-0.39, 0.29) is 45.9 Å². The van der Waals surface area contributed by atoms with Crippen LogP contribution in [0.1, 0.15) is 43.7 Å². The largest absolute Gasteiger partial charge is 0.507 e. The number of phenols is 1. The number of hydrogen-bond donors (Lipinski definition) is 1. The quantitative estimate of drug-likeness (QED) is 0.916. The number of rotatable bonds is 3. The molecule has 2 bridgehead atoms. The van der Waals surface area contributed by atoms with E-state index in [1.165, 1.54) is 12.1 Å². The summed E-state index contributed by atoms with van der Waals surface area (Å²) in [6.07, 6.45) is 4.97. The molecule has 0 saturated heterocycles. The Morgan fingerprint density at radius 1 is 1.17 bits per heavy atom. The predicted octanol–water partition coefficient (Wildman–Crippen LogP) is 3.95. The molecule has 4 nitrogen and oxygen atoms in total. The van der Waals surface area contributed by atoms with E-state index in [0.29, 0.717) is 0 Å². The van der Waals surface area contributed by atoms with Crippen LogP contribution < -0.4 is 4.74 Å². The van der Waals surface area contributed by atoms with Gasteiger partial charge in [0.1, 0.15) is 40.6 Å². The molecule has 0 atom stereocenters. The number of allylic oxidation sites excluding steroid dienone is 1. The van der Waals surface area contributed by atoms with Gasteiger partial charge in [-0.3, -0.25) is 0 Å². The Bertz CT molecular complexity index is 762. The highest BCUT2D eigenvalue weighted by Gasteiger charge is 2.47. The lowest BCUT2D eigenvalue weighted by atomic mass is 9.58. The van der Waals surface area contributed by atoms with Crippen LogP contribution in [0.4, 0.5) is 4.39 Å². The lowest BCUT2D eigenvalue weighted by Gasteiger charge is -2.48. The first-order chi connectivity index (χ1) is 10.9. The SMILES string of the molecule is CC12CCC(COc3ccc(O)c(C#N)c3C#N)(C=C1F)CC2. The van der Waals surface area contributed by atoms with E-state index in [2.05, 4.69) is 0 Å². The molecule has 1 fully saturated rings. The van der Waals surface area contributed by atoms with Crippen molar-refractivity contribution in [2.75, 3.05) is 6.61 Å². The lowest BCUT2D eigenvalue weighted by Crippen LogP contribution is -2.41. The van der Waals surface area contributed by atoms with Gasteiger partial charge in [0.2, 0.25) is 0 Å². The van der Waals surface area contributed by atoms with Crippen LogP contribution in [0.3, 0.4) is 0 Å². The average molecular weight is 312 g/mol. The van der Waals surface area contributed by atoms with Crippen molar-refractivity contribution in [1.29, 1.82) is 10.5 Å². The van der Waals surface area contributed by atoms with Gasteiger partial charge in [0.25, 0.3) is 0 Å². The van der Waals surface area contributed by atoms with E-state index in [1.54, 1.807) is 6.08 Å². The highest BCUT2D eigenvalue weighted by molar-refractivity contribution is 5.60. The second-order valence-corrected chi connectivity index (χ2v) is 6.76. The van der Waals surface area contributed by atoms with Crippen LogP contribution in [-0.2, 0) is 0 Å². The third kappa shape index (κ3) is 2.43. The van der Waals surface area contributed by atoms with Crippen LogP contribution in [-0.4, -0.2) is 11.7 Å². The standard InChI is InChI=1S/C18H17FN2O2/c1-17-4-6-18(7-5-17,8-16(17)19)11-23-15-3-2-14(22)12(9-20)13(15)10-21/h2-3,8,22H,4-7,11H2,1H3. The summed E-state index contributed by atoms with van der Waals surface area (Å²) >= 11 is 0. The number of fused-ring (bicyclic) bond motifs is 2. The molecule has 1 aromatic carbocycles. The maximum atomic E-state index is 14.2. The minimum atomic E-state index is -0.348. The molecule has 0 unspecified atom stereocenters. The number of aromatic hydroxyl groups is 1. The van der Waals surface area contributed by atoms with E-state index in [1.807, 2.05) is 19.1 Å². The highest BCUT2D eigenvalue weighted by atomic mass is 19.1. The summed E-state index contributed by atoms with van der Waals surface area (Å²) in [5.74, 6) is -0.0573. The van der Waals surface area contributed by atoms with Crippen LogP contribution >= 0.6 is 0 Å². The van der Waals surface area contributed by atoms with Gasteiger partial charge < -0.3 is 9.84 Å². The summed E-state index contributed by atoms with van der Waals surface area (Å²) in [6, 6.07) is 6.52. The third-order valence-corrected chi connectivity index (χ3v) is 5.24. The van der Waals surface area contributed by atoms with Crippen molar-refractivity contribution >= 4 is 0 Å². The number of phenolic OH excluding ortho intramolecular Hbond substituents is 1. The van der Waals surface area contributed by atoms with Crippen molar-refractivity contribution in [2.45, 2.75) is 32.6 Å². The Balaban J connectivity index is 1.86. The van der Waals surface area contributed by atoms with Gasteiger partial charge in [-0.15, -0.1) is 0 Å². The fourth-order valence-corrected chi connectivity index (χ4v) is 3.45. The molecule has 3 aliphatic rings. The van der Waals surface area contributed by atoms with Crippen LogP contribution in [0.5, 0.6) is 11.5 Å². The Morgan fingerprint density at radius 3 is 2.39 bits per heavy atom. The zero-order valence-corrected chi connectivity index (χ0v) is 12.9. The molecule has 0 amide bonds. The van der Waals surface area contributed by atoms with Crippen LogP contribution in [0.15, 0.2) is 24.0 Å². The number of benzene rings is 1. The fourth-order valence-electron chi connectivity index (χ4n) is 3.45. The molecule has 3 aliphatic carbocycles. The molecule has 0 aliphatic heterocycles. The van der Waals surface area contributed by atoms with Crippen molar-refractivity contribution in [3.8, 4) is 23.6 Å². The Morgan fingerprint density at radius 2 is 1.83 bits per heavy atom. The molecule has 0 spiro atoms. The topological polar surface area (TPSA) is 77.0 Å². The van der Waals surface area contributed by atoms with Crippen molar-refractivity contribution in [3.05, 3.63) is 35.2 Å². The Kier molecular flexibility index (Phi) is 3.53. The summed E-state index contributed by atoms with van der Waals surface area (Å²) in [5.41, 5.74) is -0.750. The van der Waals surface area contributed by atoms with Crippen LogP contribution in [0.2, 0.25) is 0 Å². The van der Waals surface area contributed by atoms with Crippen LogP contribution in [0.25, 0.3) is 0 Å². The minimum absolute atomic E-state index is 0.0183. The number of hydrogen-bond acceptors (Lipinski definition) is 4. The summed E-state index contributed by atoms with van der Waals surface area (Å²) in [5, 5.41) is 27.9. The van der Waals surface area contributed by atoms with Gasteiger partial charge in [0.15, 0.2) is 0 Å². The molecule has 23 heavy (non-hydrogen) atoms. The van der Waals surface area contributed by atoms with E-state index in [0.717, 1.165) is 25.7 Å². The molecule has 0 heterocycles. The molecule has 1 N–H and O–H groups in total. The molecule has 118 valence electrons. The lowest BCUT2D eigenvalue weighted by molar-refractivity contribution is 0.0564. The Labute approximate surface area is 134 Å². The molecule has 1 saturated carbocycles. The normalized spacial score (nSPS) is 28.6. The smallest absolute Gasteiger partial charge is 0.138 e. The zero-order chi connectivity index (χ0) is 16.7. The predicted molar refractivity (Wildman–Crippen MR) is 81.2 cm³/mol. The summed E-state index contributed by atoms with van der Waals surface area (Å²) < 4.78 is 20.0. The molecule has 1 aromatic rings. The minimum Gasteiger partial charge on any atom is -0.507 e. The maximum Gasteiger partial charge on any atom is 0.138 e. The van der Waals surface area contributed by atoms with Gasteiger partial charge in [0, 0.05) is 10.8 Å². The zero-order valence-electron chi connectivity index (χ0n) is 12.9. The number of nitriles is 2. The highest BCUT2D eigenvalue weighted by Crippen LogP contribution is 2.56. The number of ether oxygens (including phenoxy) is 1. The molecule has 5 heteroatoms. The second-order valence-electron chi connectivity index (χ2n) is 6.76. The van der Waals surface area contributed by atoms with Gasteiger partial charge in [-0.05, 0) is 43.9 Å². The van der Waals surface area contributed by atoms with Gasteiger partial charge in [0.05, 0.1) is 6.61 Å². The van der Waals surface area contributed by atoms with Gasteiger partial charge in [-0.25, -0.2) is 4.39 Å². The van der Waals surface area contributed by atoms with Crippen molar-refractivity contribution in [3.63, 3.8) is 0 Å². The molecular formula is C18H17FN2O2. The molecule has 4 rings (SSSR count). The van der Waals surface area contributed by atoms with E-state index < -0.39 is 0 Å². The van der Waals surface area contributed by atoms with Gasteiger partial charge >= 0.3 is 0 Å². The summed E-state index contributed by atoms with van der Waals surface area (Å²) in [4.78, 5) is 0. The third-order valence-electron chi connectivity index (χ3n) is 5.24. The van der Waals surface area contributed by atoms with E-state index >= 15 is 0 Å². The van der Waals surface area contributed by atoms with E-state index in [4.69, 9.17) is 10.00 Å². The first kappa shape index (κ1) is 15.4. The van der Waals surface area contributed by atoms with Crippen LogP contribution in [0, 0.1) is 33.5 Å². The van der Waals surface area contributed by atoms with Crippen molar-refractivity contribution in [2.24, 2.45) is 10.8 Å². The maximum absolute atomic E-state index is 14.2. The van der Waals surface area contributed by atoms with Gasteiger partial charge in [-0.1, -0.05) is 6.92 Å². The monoisotopic (exact) mass is 312 g/mol. The number of nitrogens with zero attached hydrogens (tertiary/aromatic N) is 2. The Hall–Kier alpha value is -2.53. The van der Waals surface area contributed by atoms with E-state index in [9.17, 15) is 14.8 Å². The molecule has 0 aromatic heterocycles. The first-order valence-electron chi connectivity index (χ1n) is 7.61. The molecular weight excluding hydrogens is 295 g/mol. The number of halogens is 1. The van der Waals surface area contributed by atoms with Crippen molar-refractivity contribution < 1.29 is 14.2 Å².